The maximum Gasteiger partial charge on any atom is 0.144 e. The summed E-state index contributed by atoms with van der Waals surface area (Å²) in [6, 6.07) is 4.51. The number of likely N-dealkylation sites (N-methyl/N-ethyl adjacent to an activating group) is 1. The van der Waals surface area contributed by atoms with Crippen molar-refractivity contribution in [1.82, 2.24) is 5.32 Å². The molecule has 0 aliphatic carbocycles. The van der Waals surface area contributed by atoms with Crippen LogP contribution in [-0.2, 0) is 6.42 Å². The first kappa shape index (κ1) is 16.9. The Bertz CT molecular complexity index is 445. The van der Waals surface area contributed by atoms with E-state index in [1.165, 1.54) is 49.0 Å². The van der Waals surface area contributed by atoms with E-state index in [4.69, 9.17) is 4.74 Å². The molecule has 0 saturated carbocycles. The van der Waals surface area contributed by atoms with Crippen LogP contribution < -0.4 is 20.3 Å². The minimum Gasteiger partial charge on any atom is -0.494 e. The van der Waals surface area contributed by atoms with E-state index < -0.39 is 0 Å². The highest BCUT2D eigenvalue weighted by Gasteiger charge is 2.18. The lowest BCUT2D eigenvalue weighted by atomic mass is 10.0. The van der Waals surface area contributed by atoms with Gasteiger partial charge in [0.25, 0.3) is 0 Å². The Morgan fingerprint density at radius 3 is 2.73 bits per heavy atom. The van der Waals surface area contributed by atoms with Gasteiger partial charge in [0.1, 0.15) is 11.4 Å². The molecule has 124 valence electrons. The first-order valence-electron chi connectivity index (χ1n) is 8.56. The summed E-state index contributed by atoms with van der Waals surface area (Å²) in [6.45, 7) is 3.16. The van der Waals surface area contributed by atoms with Crippen LogP contribution >= 0.6 is 0 Å². The molecular weight excluding hydrogens is 274 g/mol. The highest BCUT2D eigenvalue weighted by Crippen LogP contribution is 2.39. The lowest BCUT2D eigenvalue weighted by Crippen LogP contribution is -2.30. The van der Waals surface area contributed by atoms with Crippen molar-refractivity contribution in [3.05, 3.63) is 17.7 Å². The van der Waals surface area contributed by atoms with Crippen LogP contribution in [0.15, 0.2) is 12.1 Å². The number of hydrogen-bond donors (Lipinski definition) is 2. The maximum absolute atomic E-state index is 5.61. The zero-order valence-corrected chi connectivity index (χ0v) is 14.4. The highest BCUT2D eigenvalue weighted by molar-refractivity contribution is 5.79. The van der Waals surface area contributed by atoms with E-state index in [2.05, 4.69) is 34.7 Å². The van der Waals surface area contributed by atoms with E-state index in [1.54, 1.807) is 7.11 Å². The fraction of sp³-hybridized carbons (Fsp3) is 0.667. The van der Waals surface area contributed by atoms with Crippen LogP contribution in [0.3, 0.4) is 0 Å². The molecule has 0 radical (unpaired) electrons. The molecular formula is C18H31N3O. The summed E-state index contributed by atoms with van der Waals surface area (Å²) in [6.07, 6.45) is 7.68. The third-order valence-corrected chi connectivity index (χ3v) is 4.39. The van der Waals surface area contributed by atoms with Crippen molar-refractivity contribution < 1.29 is 4.74 Å². The second-order valence-electron chi connectivity index (χ2n) is 6.16. The lowest BCUT2D eigenvalue weighted by Gasteiger charge is -2.30. The van der Waals surface area contributed by atoms with Gasteiger partial charge in [-0.15, -0.1) is 0 Å². The van der Waals surface area contributed by atoms with E-state index in [1.807, 2.05) is 7.05 Å². The Morgan fingerprint density at radius 1 is 1.18 bits per heavy atom. The predicted molar refractivity (Wildman–Crippen MR) is 95.5 cm³/mol. The molecule has 0 bridgehead atoms. The Labute approximate surface area is 135 Å². The van der Waals surface area contributed by atoms with E-state index in [-0.39, 0.29) is 0 Å². The smallest absolute Gasteiger partial charge is 0.144 e. The number of unbranched alkanes of at least 4 members (excludes halogenated alkanes) is 4. The number of fused-ring (bicyclic) bond motifs is 1. The van der Waals surface area contributed by atoms with Gasteiger partial charge in [0.05, 0.1) is 12.8 Å². The number of hydrogen-bond acceptors (Lipinski definition) is 4. The van der Waals surface area contributed by atoms with Gasteiger partial charge in [-0.1, -0.05) is 19.3 Å². The molecule has 4 heteroatoms. The summed E-state index contributed by atoms with van der Waals surface area (Å²) in [7, 11) is 5.92. The Balaban J connectivity index is 1.87. The molecule has 0 atom stereocenters. The van der Waals surface area contributed by atoms with Crippen LogP contribution in [0.1, 0.15) is 37.7 Å². The Hall–Kier alpha value is -1.42. The normalized spacial score (nSPS) is 13.7. The monoisotopic (exact) mass is 305 g/mol. The quantitative estimate of drug-likeness (QED) is 0.687. The van der Waals surface area contributed by atoms with Gasteiger partial charge in [-0.3, -0.25) is 0 Å². The number of benzene rings is 1. The SMILES string of the molecule is CNCCCCCCCc1cc2c(c(OC)c1)N(C)CCN2. The molecule has 2 rings (SSSR count). The molecule has 0 fully saturated rings. The molecule has 2 N–H and O–H groups in total. The maximum atomic E-state index is 5.61. The summed E-state index contributed by atoms with van der Waals surface area (Å²) < 4.78 is 5.61. The van der Waals surface area contributed by atoms with Crippen LogP contribution in [-0.4, -0.2) is 40.8 Å². The fourth-order valence-electron chi connectivity index (χ4n) is 3.12. The van der Waals surface area contributed by atoms with Crippen molar-refractivity contribution in [2.45, 2.75) is 38.5 Å². The zero-order chi connectivity index (χ0) is 15.8. The number of nitrogens with one attached hydrogen (secondary N) is 2. The molecule has 1 aliphatic rings. The first-order chi connectivity index (χ1) is 10.8. The third-order valence-electron chi connectivity index (χ3n) is 4.39. The number of anilines is 2. The van der Waals surface area contributed by atoms with Crippen LogP contribution in [0.4, 0.5) is 11.4 Å². The van der Waals surface area contributed by atoms with E-state index in [0.29, 0.717) is 0 Å². The highest BCUT2D eigenvalue weighted by atomic mass is 16.5. The Morgan fingerprint density at radius 2 is 1.95 bits per heavy atom. The summed E-state index contributed by atoms with van der Waals surface area (Å²) in [5.41, 5.74) is 3.80. The summed E-state index contributed by atoms with van der Waals surface area (Å²) in [5.74, 6) is 0.997. The zero-order valence-electron chi connectivity index (χ0n) is 14.4. The molecule has 1 aromatic carbocycles. The van der Waals surface area contributed by atoms with E-state index >= 15 is 0 Å². The molecule has 1 aromatic rings. The van der Waals surface area contributed by atoms with Gasteiger partial charge >= 0.3 is 0 Å². The van der Waals surface area contributed by atoms with Crippen LogP contribution in [0.25, 0.3) is 0 Å². The second kappa shape index (κ2) is 8.89. The standard InChI is InChI=1S/C18H31N3O/c1-19-10-8-6-4-5-7-9-15-13-16-18(17(14-15)22-3)21(2)12-11-20-16/h13-14,19-20H,4-12H2,1-3H3. The van der Waals surface area contributed by atoms with E-state index in [9.17, 15) is 0 Å². The predicted octanol–water partition coefficient (Wildman–Crippen LogP) is 3.27. The van der Waals surface area contributed by atoms with Crippen LogP contribution in [0.2, 0.25) is 0 Å². The number of ether oxygens (including phenoxy) is 1. The summed E-state index contributed by atoms with van der Waals surface area (Å²) in [5, 5.41) is 6.71. The molecule has 0 spiro atoms. The van der Waals surface area contributed by atoms with Crippen LogP contribution in [0, 0.1) is 0 Å². The molecule has 0 saturated heterocycles. The van der Waals surface area contributed by atoms with Crippen molar-refractivity contribution in [3.8, 4) is 5.75 Å². The van der Waals surface area contributed by atoms with Crippen molar-refractivity contribution in [2.75, 3.05) is 51.1 Å². The number of aryl methyl sites for hydroxylation is 1. The molecule has 4 nitrogen and oxygen atoms in total. The van der Waals surface area contributed by atoms with Gasteiger partial charge in [-0.25, -0.2) is 0 Å². The number of methoxy groups -OCH3 is 1. The van der Waals surface area contributed by atoms with Gasteiger partial charge in [0, 0.05) is 20.1 Å². The molecule has 0 amide bonds. The van der Waals surface area contributed by atoms with Crippen LogP contribution in [0.5, 0.6) is 5.75 Å². The third kappa shape index (κ3) is 4.54. The first-order valence-corrected chi connectivity index (χ1v) is 8.56. The largest absolute Gasteiger partial charge is 0.494 e. The fourth-order valence-corrected chi connectivity index (χ4v) is 3.12. The molecule has 0 unspecified atom stereocenters. The van der Waals surface area contributed by atoms with Gasteiger partial charge in [0.15, 0.2) is 0 Å². The average Bonchev–Trinajstić information content (AvgIpc) is 2.53. The Kier molecular flexibility index (Phi) is 6.84. The van der Waals surface area contributed by atoms with Gasteiger partial charge in [0.2, 0.25) is 0 Å². The van der Waals surface area contributed by atoms with Crippen molar-refractivity contribution >= 4 is 11.4 Å². The number of rotatable bonds is 9. The van der Waals surface area contributed by atoms with Crippen molar-refractivity contribution in [3.63, 3.8) is 0 Å². The molecule has 1 heterocycles. The van der Waals surface area contributed by atoms with E-state index in [0.717, 1.165) is 31.8 Å². The molecule has 1 aliphatic heterocycles. The van der Waals surface area contributed by atoms with Gasteiger partial charge in [-0.05, 0) is 50.6 Å². The van der Waals surface area contributed by atoms with Crippen molar-refractivity contribution in [1.29, 1.82) is 0 Å². The minimum absolute atomic E-state index is 0.997. The number of nitrogens with zero attached hydrogens (tertiary/aromatic N) is 1. The second-order valence-corrected chi connectivity index (χ2v) is 6.16. The van der Waals surface area contributed by atoms with Gasteiger partial charge < -0.3 is 20.3 Å². The lowest BCUT2D eigenvalue weighted by molar-refractivity contribution is 0.414. The van der Waals surface area contributed by atoms with Gasteiger partial charge in [-0.2, -0.15) is 0 Å². The summed E-state index contributed by atoms with van der Waals surface area (Å²) >= 11 is 0. The molecule has 22 heavy (non-hydrogen) atoms. The summed E-state index contributed by atoms with van der Waals surface area (Å²) in [4.78, 5) is 2.27. The van der Waals surface area contributed by atoms with Crippen molar-refractivity contribution in [2.24, 2.45) is 0 Å². The minimum atomic E-state index is 0.997. The topological polar surface area (TPSA) is 36.5 Å². The average molecular weight is 305 g/mol. The molecule has 0 aromatic heterocycles.